The topological polar surface area (TPSA) is 129 Å². The minimum absolute atomic E-state index is 0.186. The maximum atomic E-state index is 12.9. The number of rotatable bonds is 9. The Bertz CT molecular complexity index is 1260. The third-order valence-electron chi connectivity index (χ3n) is 5.26. The van der Waals surface area contributed by atoms with Crippen LogP contribution in [0.15, 0.2) is 67.1 Å². The van der Waals surface area contributed by atoms with E-state index in [2.05, 4.69) is 25.9 Å². The Kier molecular flexibility index (Phi) is 9.93. The average molecular weight is 534 g/mol. The largest absolute Gasteiger partial charge is 0.444 e. The zero-order valence-electron chi connectivity index (χ0n) is 22.9. The first-order valence-electron chi connectivity index (χ1n) is 12.5. The number of anilines is 3. The molecule has 0 atom stereocenters. The van der Waals surface area contributed by atoms with E-state index in [9.17, 15) is 14.4 Å². The van der Waals surface area contributed by atoms with E-state index >= 15 is 0 Å². The van der Waals surface area contributed by atoms with Crippen LogP contribution >= 0.6 is 0 Å². The lowest BCUT2D eigenvalue weighted by molar-refractivity contribution is 0.0635. The third kappa shape index (κ3) is 9.71. The van der Waals surface area contributed by atoms with E-state index in [0.29, 0.717) is 36.7 Å². The minimum atomic E-state index is -0.657. The zero-order chi connectivity index (χ0) is 28.4. The molecular weight excluding hydrogens is 498 g/mol. The highest BCUT2D eigenvalue weighted by molar-refractivity contribution is 6.05. The number of hydrogen-bond acceptors (Lipinski definition) is 7. The molecular formula is C28H35N7O4. The molecule has 11 nitrogen and oxygen atoms in total. The average Bonchev–Trinajstić information content (AvgIpc) is 2.87. The second-order valence-corrected chi connectivity index (χ2v) is 10.1. The summed E-state index contributed by atoms with van der Waals surface area (Å²) in [5.41, 5.74) is 1.69. The SMILES string of the molecule is CN(C)CCN(Cc1ccc(C(=O)Nc2ccccc2NC(=O)OC(C)(C)C)nc1)C(=O)Nc1cccnc1. The molecule has 0 saturated heterocycles. The minimum Gasteiger partial charge on any atom is -0.444 e. The van der Waals surface area contributed by atoms with Gasteiger partial charge in [-0.25, -0.2) is 9.59 Å². The number of urea groups is 1. The fourth-order valence-corrected chi connectivity index (χ4v) is 3.39. The Morgan fingerprint density at radius 3 is 2.18 bits per heavy atom. The number of para-hydroxylation sites is 2. The van der Waals surface area contributed by atoms with Crippen LogP contribution in [0.2, 0.25) is 0 Å². The number of aromatic nitrogens is 2. The predicted molar refractivity (Wildman–Crippen MR) is 151 cm³/mol. The Morgan fingerprint density at radius 1 is 0.872 bits per heavy atom. The molecule has 0 aliphatic carbocycles. The quantitative estimate of drug-likeness (QED) is 0.364. The Morgan fingerprint density at radius 2 is 1.59 bits per heavy atom. The molecule has 0 bridgehead atoms. The normalized spacial score (nSPS) is 11.0. The van der Waals surface area contributed by atoms with Crippen LogP contribution in [-0.4, -0.2) is 70.6 Å². The maximum absolute atomic E-state index is 12.9. The summed E-state index contributed by atoms with van der Waals surface area (Å²) in [5, 5.41) is 8.29. The van der Waals surface area contributed by atoms with Crippen LogP contribution in [-0.2, 0) is 11.3 Å². The van der Waals surface area contributed by atoms with Gasteiger partial charge in [0.15, 0.2) is 0 Å². The predicted octanol–water partition coefficient (Wildman–Crippen LogP) is 4.67. The van der Waals surface area contributed by atoms with E-state index < -0.39 is 17.6 Å². The van der Waals surface area contributed by atoms with Gasteiger partial charge in [0.05, 0.1) is 23.3 Å². The van der Waals surface area contributed by atoms with Crippen molar-refractivity contribution in [2.45, 2.75) is 32.9 Å². The molecule has 0 aliphatic heterocycles. The van der Waals surface area contributed by atoms with Gasteiger partial charge in [-0.3, -0.25) is 20.1 Å². The van der Waals surface area contributed by atoms with Crippen molar-refractivity contribution in [1.82, 2.24) is 19.8 Å². The number of ether oxygens (including phenoxy) is 1. The lowest BCUT2D eigenvalue weighted by atomic mass is 10.2. The molecule has 0 saturated carbocycles. The van der Waals surface area contributed by atoms with Crippen LogP contribution in [0.5, 0.6) is 0 Å². The second-order valence-electron chi connectivity index (χ2n) is 10.1. The van der Waals surface area contributed by atoms with E-state index in [0.717, 1.165) is 5.56 Å². The summed E-state index contributed by atoms with van der Waals surface area (Å²) in [5.74, 6) is -0.446. The molecule has 206 valence electrons. The third-order valence-corrected chi connectivity index (χ3v) is 5.26. The Balaban J connectivity index is 1.66. The van der Waals surface area contributed by atoms with Crippen molar-refractivity contribution in [3.05, 3.63) is 78.4 Å². The number of likely N-dealkylation sites (N-methyl/N-ethyl adjacent to an activating group) is 1. The van der Waals surface area contributed by atoms with Gasteiger partial charge in [0.25, 0.3) is 5.91 Å². The highest BCUT2D eigenvalue weighted by atomic mass is 16.6. The lowest BCUT2D eigenvalue weighted by Gasteiger charge is -2.24. The van der Waals surface area contributed by atoms with E-state index in [-0.39, 0.29) is 11.7 Å². The summed E-state index contributed by atoms with van der Waals surface area (Å²) in [7, 11) is 3.88. The van der Waals surface area contributed by atoms with Gasteiger partial charge in [-0.15, -0.1) is 0 Å². The van der Waals surface area contributed by atoms with Crippen molar-refractivity contribution in [3.8, 4) is 0 Å². The summed E-state index contributed by atoms with van der Waals surface area (Å²) in [6.07, 6.45) is 4.16. The van der Waals surface area contributed by atoms with E-state index in [4.69, 9.17) is 4.74 Å². The monoisotopic (exact) mass is 533 g/mol. The van der Waals surface area contributed by atoms with Gasteiger partial charge in [0.1, 0.15) is 11.3 Å². The number of carbonyl (C=O) groups is 3. The van der Waals surface area contributed by atoms with Crippen LogP contribution < -0.4 is 16.0 Å². The van der Waals surface area contributed by atoms with Crippen LogP contribution in [0.4, 0.5) is 26.7 Å². The number of amides is 4. The van der Waals surface area contributed by atoms with E-state index in [1.165, 1.54) is 0 Å². The van der Waals surface area contributed by atoms with Crippen molar-refractivity contribution < 1.29 is 19.1 Å². The molecule has 3 N–H and O–H groups in total. The summed E-state index contributed by atoms with van der Waals surface area (Å²) < 4.78 is 5.30. The van der Waals surface area contributed by atoms with E-state index in [1.807, 2.05) is 19.0 Å². The summed E-state index contributed by atoms with van der Waals surface area (Å²) in [6.45, 7) is 6.77. The fourth-order valence-electron chi connectivity index (χ4n) is 3.39. The first-order valence-corrected chi connectivity index (χ1v) is 12.5. The van der Waals surface area contributed by atoms with Gasteiger partial charge in [0.2, 0.25) is 0 Å². The molecule has 1 aromatic carbocycles. The number of nitrogens with one attached hydrogen (secondary N) is 3. The molecule has 3 aromatic rings. The lowest BCUT2D eigenvalue weighted by Crippen LogP contribution is -2.39. The standard InChI is InChI=1S/C28H35N7O4/c1-28(2,3)39-27(38)33-23-11-7-6-10-22(23)32-25(36)24-13-12-20(17-30-24)19-35(16-15-34(4)5)26(37)31-21-9-8-14-29-18-21/h6-14,17-18H,15-16,19H2,1-5H3,(H,31,37)(H,32,36)(H,33,38). The van der Waals surface area contributed by atoms with Gasteiger partial charge >= 0.3 is 12.1 Å². The van der Waals surface area contributed by atoms with Gasteiger partial charge in [-0.05, 0) is 70.8 Å². The molecule has 3 rings (SSSR count). The van der Waals surface area contributed by atoms with Gasteiger partial charge in [-0.1, -0.05) is 18.2 Å². The molecule has 2 heterocycles. The van der Waals surface area contributed by atoms with Gasteiger partial charge in [-0.2, -0.15) is 0 Å². The molecule has 0 fully saturated rings. The smallest absolute Gasteiger partial charge is 0.412 e. The molecule has 4 amide bonds. The second kappa shape index (κ2) is 13.3. The van der Waals surface area contributed by atoms with Crippen molar-refractivity contribution in [1.29, 1.82) is 0 Å². The van der Waals surface area contributed by atoms with Gasteiger partial charge < -0.3 is 25.2 Å². The highest BCUT2D eigenvalue weighted by Crippen LogP contribution is 2.23. The maximum Gasteiger partial charge on any atom is 0.412 e. The fraction of sp³-hybridized carbons (Fsp3) is 0.321. The number of benzene rings is 1. The first-order chi connectivity index (χ1) is 18.5. The molecule has 39 heavy (non-hydrogen) atoms. The highest BCUT2D eigenvalue weighted by Gasteiger charge is 2.19. The molecule has 0 unspecified atom stereocenters. The summed E-state index contributed by atoms with van der Waals surface area (Å²) in [4.78, 5) is 50.0. The van der Waals surface area contributed by atoms with Gasteiger partial charge in [0, 0.05) is 32.0 Å². The Hall–Kier alpha value is -4.51. The molecule has 0 spiro atoms. The number of pyridine rings is 2. The van der Waals surface area contributed by atoms with Crippen molar-refractivity contribution in [2.24, 2.45) is 0 Å². The zero-order valence-corrected chi connectivity index (χ0v) is 22.9. The van der Waals surface area contributed by atoms with Crippen molar-refractivity contribution >= 4 is 35.1 Å². The summed E-state index contributed by atoms with van der Waals surface area (Å²) in [6, 6.07) is 13.4. The molecule has 11 heteroatoms. The van der Waals surface area contributed by atoms with Crippen LogP contribution in [0, 0.1) is 0 Å². The van der Waals surface area contributed by atoms with Crippen molar-refractivity contribution in [2.75, 3.05) is 43.1 Å². The van der Waals surface area contributed by atoms with Crippen LogP contribution in [0.25, 0.3) is 0 Å². The molecule has 0 aliphatic rings. The number of carbonyl (C=O) groups excluding carboxylic acids is 3. The molecule has 0 radical (unpaired) electrons. The number of hydrogen-bond donors (Lipinski definition) is 3. The van der Waals surface area contributed by atoms with Crippen LogP contribution in [0.3, 0.4) is 0 Å². The van der Waals surface area contributed by atoms with Crippen molar-refractivity contribution in [3.63, 3.8) is 0 Å². The summed E-state index contributed by atoms with van der Waals surface area (Å²) >= 11 is 0. The Labute approximate surface area is 228 Å². The van der Waals surface area contributed by atoms with E-state index in [1.54, 1.807) is 92.8 Å². The first kappa shape index (κ1) is 29.1. The van der Waals surface area contributed by atoms with Crippen LogP contribution in [0.1, 0.15) is 36.8 Å². The molecule has 2 aromatic heterocycles. The number of nitrogens with zero attached hydrogens (tertiary/aromatic N) is 4.